The molecule has 0 amide bonds. The highest BCUT2D eigenvalue weighted by molar-refractivity contribution is 5.43. The van der Waals surface area contributed by atoms with Crippen LogP contribution in [0.3, 0.4) is 0 Å². The average Bonchev–Trinajstić information content (AvgIpc) is 2.60. The summed E-state index contributed by atoms with van der Waals surface area (Å²) in [6.45, 7) is 6.11. The number of rotatable bonds is 9. The van der Waals surface area contributed by atoms with E-state index in [1.54, 1.807) is 7.11 Å². The Hall–Kier alpha value is -2.20. The van der Waals surface area contributed by atoms with E-state index in [1.165, 1.54) is 5.56 Å². The summed E-state index contributed by atoms with van der Waals surface area (Å²) in [5.74, 6) is 2.86. The van der Waals surface area contributed by atoms with Gasteiger partial charge in [0.1, 0.15) is 19.0 Å². The standard InChI is InChI=1S/C20H27NO3/c1-15(2)17-6-8-18(9-7-17)23-11-12-24-19-10-5-16(14-21-3)13-20(19)22-4/h5-10,13,15,21H,11-12,14H2,1-4H3. The molecule has 0 aliphatic heterocycles. The molecule has 0 atom stereocenters. The molecule has 0 fully saturated rings. The van der Waals surface area contributed by atoms with Crippen molar-refractivity contribution in [2.24, 2.45) is 0 Å². The maximum Gasteiger partial charge on any atom is 0.161 e. The highest BCUT2D eigenvalue weighted by Crippen LogP contribution is 2.28. The summed E-state index contributed by atoms with van der Waals surface area (Å²) >= 11 is 0. The molecule has 0 aliphatic carbocycles. The molecule has 2 rings (SSSR count). The molecule has 4 nitrogen and oxygen atoms in total. The van der Waals surface area contributed by atoms with E-state index < -0.39 is 0 Å². The van der Waals surface area contributed by atoms with Crippen molar-refractivity contribution in [3.8, 4) is 17.2 Å². The Morgan fingerprint density at radius 1 is 0.917 bits per heavy atom. The summed E-state index contributed by atoms with van der Waals surface area (Å²) in [6, 6.07) is 14.2. The molecule has 2 aromatic rings. The first kappa shape index (κ1) is 18.1. The molecule has 0 bridgehead atoms. The van der Waals surface area contributed by atoms with Crippen LogP contribution in [0.2, 0.25) is 0 Å². The van der Waals surface area contributed by atoms with Gasteiger partial charge >= 0.3 is 0 Å². The normalized spacial score (nSPS) is 10.7. The highest BCUT2D eigenvalue weighted by Gasteiger charge is 2.06. The van der Waals surface area contributed by atoms with Crippen LogP contribution >= 0.6 is 0 Å². The number of ether oxygens (including phenoxy) is 3. The van der Waals surface area contributed by atoms with Gasteiger partial charge in [0.2, 0.25) is 0 Å². The summed E-state index contributed by atoms with van der Waals surface area (Å²) in [6.07, 6.45) is 0. The van der Waals surface area contributed by atoms with E-state index >= 15 is 0 Å². The first-order valence-corrected chi connectivity index (χ1v) is 8.31. The number of hydrogen-bond donors (Lipinski definition) is 1. The van der Waals surface area contributed by atoms with Crippen LogP contribution in [0.25, 0.3) is 0 Å². The zero-order valence-corrected chi connectivity index (χ0v) is 15.0. The minimum Gasteiger partial charge on any atom is -0.493 e. The van der Waals surface area contributed by atoms with Crippen molar-refractivity contribution in [2.75, 3.05) is 27.4 Å². The van der Waals surface area contributed by atoms with Gasteiger partial charge in [-0.2, -0.15) is 0 Å². The molecule has 130 valence electrons. The van der Waals surface area contributed by atoms with Crippen LogP contribution in [0.5, 0.6) is 17.2 Å². The quantitative estimate of drug-likeness (QED) is 0.706. The number of hydrogen-bond acceptors (Lipinski definition) is 4. The van der Waals surface area contributed by atoms with Gasteiger partial charge in [-0.1, -0.05) is 32.0 Å². The van der Waals surface area contributed by atoms with Crippen molar-refractivity contribution in [1.82, 2.24) is 5.32 Å². The van der Waals surface area contributed by atoms with E-state index in [0.717, 1.165) is 29.4 Å². The van der Waals surface area contributed by atoms with E-state index in [1.807, 2.05) is 37.4 Å². The van der Waals surface area contributed by atoms with Gasteiger partial charge in [-0.05, 0) is 48.4 Å². The molecular formula is C20H27NO3. The molecule has 2 aromatic carbocycles. The van der Waals surface area contributed by atoms with Crippen LogP contribution in [-0.4, -0.2) is 27.4 Å². The minimum absolute atomic E-state index is 0.466. The molecule has 1 N–H and O–H groups in total. The first-order chi connectivity index (χ1) is 11.6. The van der Waals surface area contributed by atoms with Crippen LogP contribution in [0, 0.1) is 0 Å². The monoisotopic (exact) mass is 329 g/mol. The minimum atomic E-state index is 0.466. The predicted octanol–water partition coefficient (Wildman–Crippen LogP) is 4.00. The van der Waals surface area contributed by atoms with Crippen LogP contribution in [0.15, 0.2) is 42.5 Å². The van der Waals surface area contributed by atoms with Crippen molar-refractivity contribution < 1.29 is 14.2 Å². The van der Waals surface area contributed by atoms with E-state index in [9.17, 15) is 0 Å². The topological polar surface area (TPSA) is 39.7 Å². The maximum absolute atomic E-state index is 5.77. The fourth-order valence-electron chi connectivity index (χ4n) is 2.41. The maximum atomic E-state index is 5.77. The Balaban J connectivity index is 1.83. The van der Waals surface area contributed by atoms with Crippen molar-refractivity contribution in [1.29, 1.82) is 0 Å². The molecule has 0 spiro atoms. The van der Waals surface area contributed by atoms with Crippen molar-refractivity contribution in [3.05, 3.63) is 53.6 Å². The molecule has 0 unspecified atom stereocenters. The predicted molar refractivity (Wildman–Crippen MR) is 97.3 cm³/mol. The van der Waals surface area contributed by atoms with E-state index in [2.05, 4.69) is 31.3 Å². The Labute approximate surface area is 144 Å². The summed E-state index contributed by atoms with van der Waals surface area (Å²) in [5, 5.41) is 3.12. The zero-order valence-electron chi connectivity index (χ0n) is 15.0. The number of benzene rings is 2. The fourth-order valence-corrected chi connectivity index (χ4v) is 2.41. The van der Waals surface area contributed by atoms with Gasteiger partial charge in [-0.15, -0.1) is 0 Å². The van der Waals surface area contributed by atoms with Crippen LogP contribution in [0.1, 0.15) is 30.9 Å². The second-order valence-electron chi connectivity index (χ2n) is 5.94. The van der Waals surface area contributed by atoms with E-state index in [-0.39, 0.29) is 0 Å². The van der Waals surface area contributed by atoms with Gasteiger partial charge in [0.25, 0.3) is 0 Å². The average molecular weight is 329 g/mol. The van der Waals surface area contributed by atoms with Gasteiger partial charge in [0, 0.05) is 6.54 Å². The van der Waals surface area contributed by atoms with Crippen LogP contribution in [-0.2, 0) is 6.54 Å². The third-order valence-corrected chi connectivity index (χ3v) is 3.77. The molecule has 24 heavy (non-hydrogen) atoms. The second-order valence-corrected chi connectivity index (χ2v) is 5.94. The van der Waals surface area contributed by atoms with Crippen LogP contribution < -0.4 is 19.5 Å². The van der Waals surface area contributed by atoms with Crippen molar-refractivity contribution >= 4 is 0 Å². The Morgan fingerprint density at radius 3 is 2.25 bits per heavy atom. The number of methoxy groups -OCH3 is 1. The molecule has 0 aliphatic rings. The lowest BCUT2D eigenvalue weighted by Crippen LogP contribution is -2.10. The Bertz CT molecular complexity index is 623. The second kappa shape index (κ2) is 9.18. The summed E-state index contributed by atoms with van der Waals surface area (Å²) < 4.78 is 16.9. The van der Waals surface area contributed by atoms with Gasteiger partial charge in [0.05, 0.1) is 7.11 Å². The molecule has 0 saturated heterocycles. The van der Waals surface area contributed by atoms with Crippen molar-refractivity contribution in [3.63, 3.8) is 0 Å². The lowest BCUT2D eigenvalue weighted by atomic mass is 10.0. The molecular weight excluding hydrogens is 302 g/mol. The van der Waals surface area contributed by atoms with Gasteiger partial charge in [0.15, 0.2) is 11.5 Å². The summed E-state index contributed by atoms with van der Waals surface area (Å²) in [4.78, 5) is 0. The Morgan fingerprint density at radius 2 is 1.62 bits per heavy atom. The molecule has 0 heterocycles. The van der Waals surface area contributed by atoms with E-state index in [0.29, 0.717) is 19.1 Å². The zero-order chi connectivity index (χ0) is 17.4. The van der Waals surface area contributed by atoms with Crippen molar-refractivity contribution in [2.45, 2.75) is 26.3 Å². The lowest BCUT2D eigenvalue weighted by molar-refractivity contribution is 0.211. The molecule has 0 saturated carbocycles. The largest absolute Gasteiger partial charge is 0.493 e. The van der Waals surface area contributed by atoms with Crippen LogP contribution in [0.4, 0.5) is 0 Å². The summed E-state index contributed by atoms with van der Waals surface area (Å²) in [5.41, 5.74) is 2.47. The summed E-state index contributed by atoms with van der Waals surface area (Å²) in [7, 11) is 3.57. The molecule has 4 heteroatoms. The molecule has 0 aromatic heterocycles. The highest BCUT2D eigenvalue weighted by atomic mass is 16.5. The van der Waals surface area contributed by atoms with Gasteiger partial charge in [-0.3, -0.25) is 0 Å². The third kappa shape index (κ3) is 5.17. The fraction of sp³-hybridized carbons (Fsp3) is 0.400. The number of nitrogens with one attached hydrogen (secondary N) is 1. The smallest absolute Gasteiger partial charge is 0.161 e. The van der Waals surface area contributed by atoms with Gasteiger partial charge < -0.3 is 19.5 Å². The first-order valence-electron chi connectivity index (χ1n) is 8.31. The lowest BCUT2D eigenvalue weighted by Gasteiger charge is -2.13. The SMILES string of the molecule is CNCc1ccc(OCCOc2ccc(C(C)C)cc2)c(OC)c1. The van der Waals surface area contributed by atoms with E-state index in [4.69, 9.17) is 14.2 Å². The Kier molecular flexibility index (Phi) is 6.94. The molecule has 0 radical (unpaired) electrons. The third-order valence-electron chi connectivity index (χ3n) is 3.77. The van der Waals surface area contributed by atoms with Gasteiger partial charge in [-0.25, -0.2) is 0 Å².